The van der Waals surface area contributed by atoms with Gasteiger partial charge < -0.3 is 10.1 Å². The zero-order chi connectivity index (χ0) is 19.8. The minimum atomic E-state index is -0.189. The van der Waals surface area contributed by atoms with Crippen LogP contribution in [0.4, 0.5) is 5.69 Å². The number of halogens is 1. The Morgan fingerprint density at radius 2 is 1.57 bits per heavy atom. The molecule has 3 rings (SSSR count). The molecule has 0 aromatic heterocycles. The Morgan fingerprint density at radius 1 is 0.893 bits per heavy atom. The Kier molecular flexibility index (Phi) is 6.82. The number of carbonyl (C=O) groups is 2. The van der Waals surface area contributed by atoms with Crippen molar-refractivity contribution in [2.45, 2.75) is 12.8 Å². The highest BCUT2D eigenvalue weighted by atomic mass is 35.5. The summed E-state index contributed by atoms with van der Waals surface area (Å²) in [4.78, 5) is 25.1. The van der Waals surface area contributed by atoms with Crippen LogP contribution in [0, 0.1) is 0 Å². The molecule has 28 heavy (non-hydrogen) atoms. The van der Waals surface area contributed by atoms with E-state index in [0.717, 1.165) is 5.75 Å². The summed E-state index contributed by atoms with van der Waals surface area (Å²) in [5, 5.41) is 3.25. The Morgan fingerprint density at radius 3 is 2.29 bits per heavy atom. The van der Waals surface area contributed by atoms with Gasteiger partial charge in [0.2, 0.25) is 5.91 Å². The number of ether oxygens (including phenoxy) is 1. The number of carbonyl (C=O) groups excluding carboxylic acids is 2. The molecule has 1 N–H and O–H groups in total. The van der Waals surface area contributed by atoms with Crippen molar-refractivity contribution in [1.82, 2.24) is 0 Å². The van der Waals surface area contributed by atoms with Gasteiger partial charge in [-0.1, -0.05) is 60.1 Å². The first-order valence-electron chi connectivity index (χ1n) is 9.00. The molecule has 1 amide bonds. The molecule has 5 heteroatoms. The lowest BCUT2D eigenvalue weighted by atomic mass is 10.0. The second kappa shape index (κ2) is 9.72. The molecule has 0 heterocycles. The normalized spacial score (nSPS) is 10.3. The topological polar surface area (TPSA) is 55.4 Å². The molecule has 0 saturated carbocycles. The fourth-order valence-electron chi connectivity index (χ4n) is 2.71. The van der Waals surface area contributed by atoms with Crippen LogP contribution in [0.3, 0.4) is 0 Å². The smallest absolute Gasteiger partial charge is 0.224 e. The maximum absolute atomic E-state index is 12.8. The van der Waals surface area contributed by atoms with E-state index in [-0.39, 0.29) is 18.1 Å². The number of para-hydroxylation sites is 1. The molecule has 0 unspecified atom stereocenters. The number of rotatable bonds is 8. The van der Waals surface area contributed by atoms with E-state index in [2.05, 4.69) is 5.32 Å². The van der Waals surface area contributed by atoms with Gasteiger partial charge in [-0.15, -0.1) is 0 Å². The van der Waals surface area contributed by atoms with Gasteiger partial charge in [-0.3, -0.25) is 9.59 Å². The molecule has 0 atom stereocenters. The van der Waals surface area contributed by atoms with Crippen LogP contribution in [0.25, 0.3) is 0 Å². The summed E-state index contributed by atoms with van der Waals surface area (Å²) in [6.07, 6.45) is 0.852. The molecule has 0 radical (unpaired) electrons. The molecular weight excluding hydrogens is 374 g/mol. The van der Waals surface area contributed by atoms with Gasteiger partial charge in [0.25, 0.3) is 0 Å². The zero-order valence-electron chi connectivity index (χ0n) is 15.2. The molecule has 0 saturated heterocycles. The number of amides is 1. The first-order valence-corrected chi connectivity index (χ1v) is 9.38. The third kappa shape index (κ3) is 5.44. The number of anilines is 1. The lowest BCUT2D eigenvalue weighted by Crippen LogP contribution is -2.16. The number of benzene rings is 3. The number of ketones is 1. The van der Waals surface area contributed by atoms with E-state index in [1.165, 1.54) is 0 Å². The van der Waals surface area contributed by atoms with E-state index < -0.39 is 0 Å². The molecule has 0 aliphatic carbocycles. The summed E-state index contributed by atoms with van der Waals surface area (Å²) in [6, 6.07) is 23.2. The van der Waals surface area contributed by atoms with E-state index in [1.807, 2.05) is 36.4 Å². The summed E-state index contributed by atoms with van der Waals surface area (Å²) < 4.78 is 5.59. The van der Waals surface area contributed by atoms with Crippen LogP contribution < -0.4 is 10.1 Å². The van der Waals surface area contributed by atoms with Crippen LogP contribution in [0.15, 0.2) is 78.9 Å². The highest BCUT2D eigenvalue weighted by Gasteiger charge is 2.16. The van der Waals surface area contributed by atoms with Crippen molar-refractivity contribution in [3.05, 3.63) is 95.0 Å². The van der Waals surface area contributed by atoms with E-state index in [1.54, 1.807) is 42.5 Å². The van der Waals surface area contributed by atoms with Gasteiger partial charge in [0.1, 0.15) is 5.75 Å². The fraction of sp³-hybridized carbons (Fsp3) is 0.130. The average Bonchev–Trinajstić information content (AvgIpc) is 2.73. The van der Waals surface area contributed by atoms with Crippen LogP contribution in [-0.2, 0) is 4.79 Å². The largest absolute Gasteiger partial charge is 0.494 e. The predicted molar refractivity (Wildman–Crippen MR) is 111 cm³/mol. The minimum absolute atomic E-state index is 0.180. The van der Waals surface area contributed by atoms with E-state index in [0.29, 0.717) is 34.9 Å². The van der Waals surface area contributed by atoms with Crippen LogP contribution in [0.2, 0.25) is 5.02 Å². The van der Waals surface area contributed by atoms with Crippen molar-refractivity contribution in [3.8, 4) is 5.75 Å². The van der Waals surface area contributed by atoms with Crippen molar-refractivity contribution < 1.29 is 14.3 Å². The molecular formula is C23H20ClNO3. The Balaban J connectivity index is 1.60. The fourth-order valence-corrected chi connectivity index (χ4v) is 2.88. The van der Waals surface area contributed by atoms with E-state index >= 15 is 0 Å². The summed E-state index contributed by atoms with van der Waals surface area (Å²) in [5.41, 5.74) is 1.36. The quantitative estimate of drug-likeness (QED) is 0.413. The predicted octanol–water partition coefficient (Wildman–Crippen LogP) is 5.37. The maximum atomic E-state index is 12.8. The van der Waals surface area contributed by atoms with Crippen molar-refractivity contribution in [2.75, 3.05) is 11.9 Å². The van der Waals surface area contributed by atoms with Gasteiger partial charge in [0, 0.05) is 22.6 Å². The zero-order valence-corrected chi connectivity index (χ0v) is 16.0. The first kappa shape index (κ1) is 19.6. The number of nitrogens with one attached hydrogen (secondary N) is 1. The maximum Gasteiger partial charge on any atom is 0.224 e. The van der Waals surface area contributed by atoms with Gasteiger partial charge in [-0.25, -0.2) is 0 Å². The van der Waals surface area contributed by atoms with Gasteiger partial charge in [0.05, 0.1) is 12.3 Å². The SMILES string of the molecule is O=C(CCCOc1ccccc1)Nc1ccc(Cl)cc1C(=O)c1ccccc1. The van der Waals surface area contributed by atoms with Crippen LogP contribution >= 0.6 is 11.6 Å². The van der Waals surface area contributed by atoms with E-state index in [9.17, 15) is 9.59 Å². The average molecular weight is 394 g/mol. The highest BCUT2D eigenvalue weighted by Crippen LogP contribution is 2.24. The first-order chi connectivity index (χ1) is 13.6. The molecule has 0 fully saturated rings. The lowest BCUT2D eigenvalue weighted by molar-refractivity contribution is -0.116. The Hall–Kier alpha value is -3.11. The Bertz CT molecular complexity index is 943. The van der Waals surface area contributed by atoms with Gasteiger partial charge in [0.15, 0.2) is 5.78 Å². The molecule has 0 bridgehead atoms. The number of hydrogen-bond donors (Lipinski definition) is 1. The summed E-state index contributed by atoms with van der Waals surface area (Å²) >= 11 is 6.06. The van der Waals surface area contributed by atoms with Crippen molar-refractivity contribution in [1.29, 1.82) is 0 Å². The molecule has 0 aliphatic heterocycles. The minimum Gasteiger partial charge on any atom is -0.494 e. The van der Waals surface area contributed by atoms with Crippen molar-refractivity contribution in [2.24, 2.45) is 0 Å². The summed E-state index contributed by atoms with van der Waals surface area (Å²) in [5.74, 6) is 0.406. The Labute approximate surface area is 169 Å². The van der Waals surface area contributed by atoms with Crippen LogP contribution in [0.1, 0.15) is 28.8 Å². The second-order valence-corrected chi connectivity index (χ2v) is 6.63. The molecule has 142 valence electrons. The van der Waals surface area contributed by atoms with Gasteiger partial charge in [-0.05, 0) is 36.8 Å². The van der Waals surface area contributed by atoms with Crippen LogP contribution in [0.5, 0.6) is 5.75 Å². The lowest BCUT2D eigenvalue weighted by Gasteiger charge is -2.11. The number of hydrogen-bond acceptors (Lipinski definition) is 3. The molecule has 3 aromatic rings. The van der Waals surface area contributed by atoms with E-state index in [4.69, 9.17) is 16.3 Å². The second-order valence-electron chi connectivity index (χ2n) is 6.20. The molecule has 0 aliphatic rings. The van der Waals surface area contributed by atoms with Crippen molar-refractivity contribution in [3.63, 3.8) is 0 Å². The van der Waals surface area contributed by atoms with Gasteiger partial charge in [-0.2, -0.15) is 0 Å². The van der Waals surface area contributed by atoms with Gasteiger partial charge >= 0.3 is 0 Å². The molecule has 4 nitrogen and oxygen atoms in total. The van der Waals surface area contributed by atoms with Crippen LogP contribution in [-0.4, -0.2) is 18.3 Å². The molecule has 3 aromatic carbocycles. The third-order valence-electron chi connectivity index (χ3n) is 4.10. The summed E-state index contributed by atoms with van der Waals surface area (Å²) in [6.45, 7) is 0.438. The monoisotopic (exact) mass is 393 g/mol. The van der Waals surface area contributed by atoms with Crippen molar-refractivity contribution >= 4 is 29.0 Å². The summed E-state index contributed by atoms with van der Waals surface area (Å²) in [7, 11) is 0. The standard InChI is InChI=1S/C23H20ClNO3/c24-18-13-14-21(20(16-18)23(27)17-8-3-1-4-9-17)25-22(26)12-7-15-28-19-10-5-2-6-11-19/h1-6,8-11,13-14,16H,7,12,15H2,(H,25,26). The molecule has 0 spiro atoms. The third-order valence-corrected chi connectivity index (χ3v) is 4.33. The highest BCUT2D eigenvalue weighted by molar-refractivity contribution is 6.31.